The molecule has 0 radical (unpaired) electrons. The first-order chi connectivity index (χ1) is 12.4. The Morgan fingerprint density at radius 1 is 1.08 bits per heavy atom. The van der Waals surface area contributed by atoms with Crippen LogP contribution in [-0.2, 0) is 7.05 Å². The lowest BCUT2D eigenvalue weighted by molar-refractivity contribution is 0.0844. The SMILES string of the molecule is Cn1nc(C(=O)NNC(=O)c2ccc(Cl)c(I)c2)c2ccccc2c1=O. The molecule has 2 N–H and O–H groups in total. The molecule has 0 unspecified atom stereocenters. The fourth-order valence-corrected chi connectivity index (χ4v) is 2.98. The minimum atomic E-state index is -0.631. The molecule has 3 aromatic rings. The van der Waals surface area contributed by atoms with Gasteiger partial charge in [-0.05, 0) is 46.9 Å². The molecule has 0 spiro atoms. The number of rotatable bonds is 2. The van der Waals surface area contributed by atoms with Crippen LogP contribution in [0.3, 0.4) is 0 Å². The molecule has 3 rings (SSSR count). The summed E-state index contributed by atoms with van der Waals surface area (Å²) in [7, 11) is 1.46. The Kier molecular flexibility index (Phi) is 5.23. The third-order valence-electron chi connectivity index (χ3n) is 3.64. The van der Waals surface area contributed by atoms with Crippen LogP contribution < -0.4 is 16.4 Å². The summed E-state index contributed by atoms with van der Waals surface area (Å²) < 4.78 is 1.80. The van der Waals surface area contributed by atoms with Crippen LogP contribution in [0.2, 0.25) is 5.02 Å². The largest absolute Gasteiger partial charge is 0.290 e. The second-order valence-electron chi connectivity index (χ2n) is 5.36. The van der Waals surface area contributed by atoms with Gasteiger partial charge in [-0.15, -0.1) is 0 Å². The van der Waals surface area contributed by atoms with E-state index in [1.165, 1.54) is 7.05 Å². The van der Waals surface area contributed by atoms with Gasteiger partial charge in [-0.1, -0.05) is 29.8 Å². The number of aromatic nitrogens is 2. The van der Waals surface area contributed by atoms with Gasteiger partial charge in [0.1, 0.15) is 0 Å². The summed E-state index contributed by atoms with van der Waals surface area (Å²) in [5.41, 5.74) is 4.72. The summed E-state index contributed by atoms with van der Waals surface area (Å²) >= 11 is 7.94. The lowest BCUT2D eigenvalue weighted by Crippen LogP contribution is -2.42. The fourth-order valence-electron chi connectivity index (χ4n) is 2.35. The topological polar surface area (TPSA) is 93.1 Å². The number of nitrogens with zero attached hydrogens (tertiary/aromatic N) is 2. The van der Waals surface area contributed by atoms with Crippen LogP contribution in [0.15, 0.2) is 47.3 Å². The van der Waals surface area contributed by atoms with E-state index in [1.54, 1.807) is 42.5 Å². The molecular weight excluding hydrogens is 471 g/mol. The van der Waals surface area contributed by atoms with Crippen molar-refractivity contribution in [3.05, 3.63) is 72.7 Å². The van der Waals surface area contributed by atoms with Gasteiger partial charge in [-0.25, -0.2) is 4.68 Å². The number of hydrazine groups is 1. The normalized spacial score (nSPS) is 10.6. The van der Waals surface area contributed by atoms with Gasteiger partial charge >= 0.3 is 0 Å². The minimum Gasteiger partial charge on any atom is -0.267 e. The van der Waals surface area contributed by atoms with Crippen molar-refractivity contribution in [2.75, 3.05) is 0 Å². The van der Waals surface area contributed by atoms with E-state index in [0.29, 0.717) is 24.9 Å². The third kappa shape index (κ3) is 3.56. The molecule has 1 aromatic heterocycles. The summed E-state index contributed by atoms with van der Waals surface area (Å²) in [6.45, 7) is 0. The van der Waals surface area contributed by atoms with Crippen molar-refractivity contribution in [2.45, 2.75) is 0 Å². The number of fused-ring (bicyclic) bond motifs is 1. The molecule has 0 fully saturated rings. The lowest BCUT2D eigenvalue weighted by atomic mass is 10.1. The van der Waals surface area contributed by atoms with Crippen molar-refractivity contribution in [3.63, 3.8) is 0 Å². The molecule has 0 bridgehead atoms. The average Bonchev–Trinajstić information content (AvgIpc) is 2.64. The van der Waals surface area contributed by atoms with Crippen molar-refractivity contribution < 1.29 is 9.59 Å². The summed E-state index contributed by atoms with van der Waals surface area (Å²) in [4.78, 5) is 36.7. The molecule has 7 nitrogen and oxygen atoms in total. The number of carbonyl (C=O) groups is 2. The van der Waals surface area contributed by atoms with Crippen molar-refractivity contribution in [3.8, 4) is 0 Å². The van der Waals surface area contributed by atoms with Gasteiger partial charge in [-0.2, -0.15) is 5.10 Å². The van der Waals surface area contributed by atoms with E-state index < -0.39 is 11.8 Å². The number of carbonyl (C=O) groups excluding carboxylic acids is 2. The van der Waals surface area contributed by atoms with Gasteiger partial charge in [0.15, 0.2) is 5.69 Å². The second-order valence-corrected chi connectivity index (χ2v) is 6.93. The van der Waals surface area contributed by atoms with Crippen LogP contribution in [0.25, 0.3) is 10.8 Å². The zero-order valence-electron chi connectivity index (χ0n) is 13.4. The van der Waals surface area contributed by atoms with Crippen LogP contribution >= 0.6 is 34.2 Å². The Morgan fingerprint density at radius 3 is 2.42 bits per heavy atom. The van der Waals surface area contributed by atoms with E-state index in [-0.39, 0.29) is 11.3 Å². The molecule has 2 amide bonds. The van der Waals surface area contributed by atoms with Gasteiger partial charge in [0.05, 0.1) is 10.4 Å². The quantitative estimate of drug-likeness (QED) is 0.433. The van der Waals surface area contributed by atoms with Crippen molar-refractivity contribution in [2.24, 2.45) is 7.05 Å². The van der Waals surface area contributed by atoms with Gasteiger partial charge < -0.3 is 0 Å². The Bertz CT molecular complexity index is 1100. The van der Waals surface area contributed by atoms with Crippen LogP contribution in [-0.4, -0.2) is 21.6 Å². The van der Waals surface area contributed by atoms with Crippen LogP contribution in [0, 0.1) is 3.57 Å². The Morgan fingerprint density at radius 2 is 1.73 bits per heavy atom. The molecule has 2 aromatic carbocycles. The molecule has 0 atom stereocenters. The maximum Gasteiger partial charge on any atom is 0.290 e. The number of hydrogen-bond donors (Lipinski definition) is 2. The first-order valence-electron chi connectivity index (χ1n) is 7.40. The number of hydrogen-bond acceptors (Lipinski definition) is 4. The van der Waals surface area contributed by atoms with Crippen molar-refractivity contribution in [1.82, 2.24) is 20.6 Å². The predicted molar refractivity (Wildman–Crippen MR) is 106 cm³/mol. The van der Waals surface area contributed by atoms with E-state index in [2.05, 4.69) is 16.0 Å². The highest BCUT2D eigenvalue weighted by molar-refractivity contribution is 14.1. The van der Waals surface area contributed by atoms with Crippen molar-refractivity contribution >= 4 is 56.8 Å². The van der Waals surface area contributed by atoms with E-state index in [1.807, 2.05) is 22.6 Å². The molecule has 0 saturated heterocycles. The smallest absolute Gasteiger partial charge is 0.267 e. The second kappa shape index (κ2) is 7.42. The number of aryl methyl sites for hydroxylation is 1. The van der Waals surface area contributed by atoms with Crippen LogP contribution in [0.5, 0.6) is 0 Å². The molecule has 0 saturated carbocycles. The first kappa shape index (κ1) is 18.3. The lowest BCUT2D eigenvalue weighted by Gasteiger charge is -2.10. The predicted octanol–water partition coefficient (Wildman–Crippen LogP) is 2.27. The van der Waals surface area contributed by atoms with Crippen molar-refractivity contribution in [1.29, 1.82) is 0 Å². The van der Waals surface area contributed by atoms with Gasteiger partial charge in [-0.3, -0.25) is 25.2 Å². The van der Waals surface area contributed by atoms with Crippen LogP contribution in [0.4, 0.5) is 0 Å². The molecule has 132 valence electrons. The first-order valence-corrected chi connectivity index (χ1v) is 8.86. The maximum absolute atomic E-state index is 12.5. The summed E-state index contributed by atoms with van der Waals surface area (Å²) in [5.74, 6) is -1.13. The molecular formula is C17H12ClIN4O3. The molecule has 0 aliphatic heterocycles. The van der Waals surface area contributed by atoms with Crippen LogP contribution in [0.1, 0.15) is 20.8 Å². The highest BCUT2D eigenvalue weighted by Gasteiger charge is 2.16. The fraction of sp³-hybridized carbons (Fsp3) is 0.0588. The van der Waals surface area contributed by atoms with E-state index in [0.717, 1.165) is 4.68 Å². The van der Waals surface area contributed by atoms with Gasteiger partial charge in [0.25, 0.3) is 17.4 Å². The zero-order chi connectivity index (χ0) is 18.8. The summed E-state index contributed by atoms with van der Waals surface area (Å²) in [6, 6.07) is 11.4. The number of benzene rings is 2. The molecule has 9 heteroatoms. The highest BCUT2D eigenvalue weighted by Crippen LogP contribution is 2.19. The molecule has 0 aliphatic carbocycles. The van der Waals surface area contributed by atoms with Gasteiger partial charge in [0.2, 0.25) is 0 Å². The average molecular weight is 483 g/mol. The Hall–Kier alpha value is -2.46. The van der Waals surface area contributed by atoms with E-state index in [9.17, 15) is 14.4 Å². The zero-order valence-corrected chi connectivity index (χ0v) is 16.3. The molecule has 1 heterocycles. The number of halogens is 2. The Balaban J connectivity index is 1.84. The molecule has 0 aliphatic rings. The third-order valence-corrected chi connectivity index (χ3v) is 5.18. The van der Waals surface area contributed by atoms with Gasteiger partial charge in [0, 0.05) is 21.6 Å². The standard InChI is InChI=1S/C17H12ClIN4O3/c1-23-17(26)11-5-3-2-4-10(11)14(22-23)16(25)21-20-15(24)9-6-7-12(18)13(19)8-9/h2-8H,1H3,(H,20,24)(H,21,25). The monoisotopic (exact) mass is 482 g/mol. The summed E-state index contributed by atoms with van der Waals surface area (Å²) in [6.07, 6.45) is 0. The highest BCUT2D eigenvalue weighted by atomic mass is 127. The van der Waals surface area contributed by atoms with E-state index in [4.69, 9.17) is 11.6 Å². The minimum absolute atomic E-state index is 0.0358. The summed E-state index contributed by atoms with van der Waals surface area (Å²) in [5, 5.41) is 5.31. The Labute approximate surface area is 166 Å². The maximum atomic E-state index is 12.5. The number of nitrogens with one attached hydrogen (secondary N) is 2. The van der Waals surface area contributed by atoms with E-state index >= 15 is 0 Å². The molecule has 26 heavy (non-hydrogen) atoms. The number of amides is 2.